The predicted molar refractivity (Wildman–Crippen MR) is 70.0 cm³/mol. The summed E-state index contributed by atoms with van der Waals surface area (Å²) < 4.78 is 4.71. The average molecular weight is 285 g/mol. The molecule has 0 bridgehead atoms. The summed E-state index contributed by atoms with van der Waals surface area (Å²) in [5.74, 6) is -0.318. The molecule has 2 heterocycles. The lowest BCUT2D eigenvalue weighted by Gasteiger charge is -2.13. The van der Waals surface area contributed by atoms with Crippen LogP contribution in [0.3, 0.4) is 0 Å². The van der Waals surface area contributed by atoms with Gasteiger partial charge in [0.15, 0.2) is 0 Å². The molecule has 2 rings (SSSR count). The SMILES string of the molecule is COC(=O)c1c(N)sc2c1CCNC2.Cl.Cl. The number of nitrogen functional groups attached to an aromatic ring is 1. The number of ether oxygens (including phenoxy) is 1. The largest absolute Gasteiger partial charge is 0.465 e. The van der Waals surface area contributed by atoms with E-state index in [2.05, 4.69) is 5.32 Å². The Morgan fingerprint density at radius 2 is 2.19 bits per heavy atom. The number of nitrogens with two attached hydrogens (primary N) is 1. The summed E-state index contributed by atoms with van der Waals surface area (Å²) in [7, 11) is 1.38. The Morgan fingerprint density at radius 1 is 1.50 bits per heavy atom. The van der Waals surface area contributed by atoms with Gasteiger partial charge in [-0.1, -0.05) is 0 Å². The molecule has 0 radical (unpaired) electrons. The Hall–Kier alpha value is -0.490. The van der Waals surface area contributed by atoms with Crippen LogP contribution in [0.15, 0.2) is 0 Å². The number of carbonyl (C=O) groups excluding carboxylic acids is 1. The third-order valence-corrected chi connectivity index (χ3v) is 3.41. The summed E-state index contributed by atoms with van der Waals surface area (Å²) >= 11 is 1.47. The van der Waals surface area contributed by atoms with Crippen molar-refractivity contribution in [3.63, 3.8) is 0 Å². The van der Waals surface area contributed by atoms with Crippen LogP contribution in [0, 0.1) is 0 Å². The Bertz CT molecular complexity index is 382. The normalized spacial score (nSPS) is 13.1. The molecule has 3 N–H and O–H groups in total. The van der Waals surface area contributed by atoms with E-state index in [4.69, 9.17) is 10.5 Å². The monoisotopic (exact) mass is 284 g/mol. The summed E-state index contributed by atoms with van der Waals surface area (Å²) in [6.45, 7) is 1.70. The highest BCUT2D eigenvalue weighted by atomic mass is 35.5. The molecule has 92 valence electrons. The van der Waals surface area contributed by atoms with Gasteiger partial charge in [-0.25, -0.2) is 4.79 Å². The molecule has 0 atom stereocenters. The first-order valence-electron chi connectivity index (χ1n) is 4.43. The van der Waals surface area contributed by atoms with Crippen molar-refractivity contribution in [3.05, 3.63) is 16.0 Å². The van der Waals surface area contributed by atoms with E-state index in [0.717, 1.165) is 30.0 Å². The molecule has 16 heavy (non-hydrogen) atoms. The molecule has 1 aliphatic heterocycles. The van der Waals surface area contributed by atoms with Crippen LogP contribution in [0.4, 0.5) is 5.00 Å². The summed E-state index contributed by atoms with van der Waals surface area (Å²) in [6, 6.07) is 0. The fraction of sp³-hybridized carbons (Fsp3) is 0.444. The van der Waals surface area contributed by atoms with Gasteiger partial charge in [-0.15, -0.1) is 36.2 Å². The molecule has 1 aromatic heterocycles. The topological polar surface area (TPSA) is 64.3 Å². The number of nitrogens with one attached hydrogen (secondary N) is 1. The van der Waals surface area contributed by atoms with Crippen molar-refractivity contribution in [3.8, 4) is 0 Å². The third-order valence-electron chi connectivity index (χ3n) is 2.34. The van der Waals surface area contributed by atoms with Crippen LogP contribution < -0.4 is 11.1 Å². The fourth-order valence-electron chi connectivity index (χ4n) is 1.68. The quantitative estimate of drug-likeness (QED) is 0.769. The second-order valence-electron chi connectivity index (χ2n) is 3.16. The number of methoxy groups -OCH3 is 1. The molecule has 0 saturated carbocycles. The van der Waals surface area contributed by atoms with Crippen molar-refractivity contribution < 1.29 is 9.53 Å². The maximum absolute atomic E-state index is 11.5. The van der Waals surface area contributed by atoms with Gasteiger partial charge in [-0.05, 0) is 18.5 Å². The molecular formula is C9H14Cl2N2O2S. The van der Waals surface area contributed by atoms with E-state index in [1.807, 2.05) is 0 Å². The number of hydrogen-bond acceptors (Lipinski definition) is 5. The highest BCUT2D eigenvalue weighted by molar-refractivity contribution is 7.16. The maximum atomic E-state index is 11.5. The zero-order valence-corrected chi connectivity index (χ0v) is 11.2. The van der Waals surface area contributed by atoms with Crippen LogP contribution in [0.2, 0.25) is 0 Å². The van der Waals surface area contributed by atoms with Crippen molar-refractivity contribution in [2.24, 2.45) is 0 Å². The molecule has 0 saturated heterocycles. The van der Waals surface area contributed by atoms with Gasteiger partial charge in [0, 0.05) is 11.4 Å². The van der Waals surface area contributed by atoms with Crippen molar-refractivity contribution in [2.45, 2.75) is 13.0 Å². The summed E-state index contributed by atoms with van der Waals surface area (Å²) in [6.07, 6.45) is 0.855. The van der Waals surface area contributed by atoms with E-state index in [1.165, 1.54) is 18.4 Å². The van der Waals surface area contributed by atoms with Gasteiger partial charge in [-0.2, -0.15) is 0 Å². The number of fused-ring (bicyclic) bond motifs is 1. The van der Waals surface area contributed by atoms with E-state index in [1.54, 1.807) is 0 Å². The first-order valence-corrected chi connectivity index (χ1v) is 5.24. The van der Waals surface area contributed by atoms with Gasteiger partial charge >= 0.3 is 5.97 Å². The summed E-state index contributed by atoms with van der Waals surface area (Å²) in [4.78, 5) is 12.6. The van der Waals surface area contributed by atoms with Crippen LogP contribution in [-0.2, 0) is 17.7 Å². The zero-order chi connectivity index (χ0) is 10.1. The van der Waals surface area contributed by atoms with Gasteiger partial charge in [-0.3, -0.25) is 0 Å². The maximum Gasteiger partial charge on any atom is 0.341 e. The van der Waals surface area contributed by atoms with Crippen LogP contribution in [-0.4, -0.2) is 19.6 Å². The molecular weight excluding hydrogens is 271 g/mol. The Kier molecular flexibility index (Phi) is 6.10. The van der Waals surface area contributed by atoms with Gasteiger partial charge < -0.3 is 15.8 Å². The van der Waals surface area contributed by atoms with Crippen LogP contribution in [0.25, 0.3) is 0 Å². The summed E-state index contributed by atoms with van der Waals surface area (Å²) in [5.41, 5.74) is 7.43. The molecule has 0 aromatic carbocycles. The number of rotatable bonds is 1. The van der Waals surface area contributed by atoms with Gasteiger partial charge in [0.1, 0.15) is 5.00 Å². The lowest BCUT2D eigenvalue weighted by Crippen LogP contribution is -2.23. The van der Waals surface area contributed by atoms with E-state index in [0.29, 0.717) is 10.6 Å². The second kappa shape index (κ2) is 6.30. The standard InChI is InChI=1S/C9H12N2O2S.2ClH/c1-13-9(12)7-5-2-3-11-4-6(5)14-8(7)10;;/h11H,2-4,10H2,1H3;2*1H. The fourth-order valence-corrected chi connectivity index (χ4v) is 2.76. The Labute approximate surface area is 110 Å². The number of thiophene rings is 1. The van der Waals surface area contributed by atoms with Crippen molar-refractivity contribution in [1.29, 1.82) is 0 Å². The highest BCUT2D eigenvalue weighted by Crippen LogP contribution is 2.33. The molecule has 1 aliphatic rings. The minimum Gasteiger partial charge on any atom is -0.465 e. The minimum absolute atomic E-state index is 0. The van der Waals surface area contributed by atoms with E-state index < -0.39 is 0 Å². The van der Waals surface area contributed by atoms with Crippen LogP contribution in [0.1, 0.15) is 20.8 Å². The number of anilines is 1. The molecule has 7 heteroatoms. The van der Waals surface area contributed by atoms with Crippen molar-refractivity contribution in [1.82, 2.24) is 5.32 Å². The van der Waals surface area contributed by atoms with Gasteiger partial charge in [0.05, 0.1) is 12.7 Å². The molecule has 0 spiro atoms. The number of esters is 1. The van der Waals surface area contributed by atoms with Crippen molar-refractivity contribution in [2.75, 3.05) is 19.4 Å². The zero-order valence-electron chi connectivity index (χ0n) is 8.74. The van der Waals surface area contributed by atoms with E-state index in [9.17, 15) is 4.79 Å². The second-order valence-corrected chi connectivity index (χ2v) is 4.30. The Morgan fingerprint density at radius 3 is 2.81 bits per heavy atom. The first-order chi connectivity index (χ1) is 6.74. The van der Waals surface area contributed by atoms with Crippen molar-refractivity contribution >= 4 is 47.1 Å². The first kappa shape index (κ1) is 15.5. The predicted octanol–water partition coefficient (Wildman–Crippen LogP) is 1.61. The third kappa shape index (κ3) is 2.60. The molecule has 1 aromatic rings. The van der Waals surface area contributed by atoms with E-state index in [-0.39, 0.29) is 30.8 Å². The molecule has 0 fully saturated rings. The van der Waals surface area contributed by atoms with E-state index >= 15 is 0 Å². The van der Waals surface area contributed by atoms with Gasteiger partial charge in [0.25, 0.3) is 0 Å². The van der Waals surface area contributed by atoms with Crippen LogP contribution >= 0.6 is 36.2 Å². The minimum atomic E-state index is -0.318. The Balaban J connectivity index is 0.00000112. The smallest absolute Gasteiger partial charge is 0.341 e. The van der Waals surface area contributed by atoms with Gasteiger partial charge in [0.2, 0.25) is 0 Å². The average Bonchev–Trinajstić information content (AvgIpc) is 2.53. The van der Waals surface area contributed by atoms with Crippen LogP contribution in [0.5, 0.6) is 0 Å². The highest BCUT2D eigenvalue weighted by Gasteiger charge is 2.24. The molecule has 4 nitrogen and oxygen atoms in total. The number of hydrogen-bond donors (Lipinski definition) is 2. The summed E-state index contributed by atoms with van der Waals surface area (Å²) in [5, 5.41) is 3.82. The lowest BCUT2D eigenvalue weighted by atomic mass is 10.0. The number of halogens is 2. The molecule has 0 amide bonds. The lowest BCUT2D eigenvalue weighted by molar-refractivity contribution is 0.0601. The molecule has 0 unspecified atom stereocenters. The molecule has 0 aliphatic carbocycles. The number of carbonyl (C=O) groups is 1.